The molecular formula is C27H23N5O2S. The highest BCUT2D eigenvalue weighted by Gasteiger charge is 2.18. The summed E-state index contributed by atoms with van der Waals surface area (Å²) in [6.07, 6.45) is 0.544. The van der Waals surface area contributed by atoms with Crippen LogP contribution in [0.15, 0.2) is 95.9 Å². The minimum atomic E-state index is -3.78. The Labute approximate surface area is 203 Å². The van der Waals surface area contributed by atoms with E-state index in [0.717, 1.165) is 11.1 Å². The summed E-state index contributed by atoms with van der Waals surface area (Å²) in [5, 5.41) is 0. The SMILES string of the molecule is Cc1ccc(S(=O)(=O)Nc2ccccc2-c2ccc3nc(N)nc(Cc4ccccc4)c3n2)cc1. The normalized spacial score (nSPS) is 11.5. The molecular weight excluding hydrogens is 458 g/mol. The predicted octanol–water partition coefficient (Wildman–Crippen LogP) is 4.97. The molecule has 2 aromatic heterocycles. The van der Waals surface area contributed by atoms with E-state index in [4.69, 9.17) is 10.7 Å². The van der Waals surface area contributed by atoms with Crippen LogP contribution >= 0.6 is 0 Å². The third-order valence-corrected chi connectivity index (χ3v) is 7.01. The Balaban J connectivity index is 1.57. The van der Waals surface area contributed by atoms with Gasteiger partial charge in [-0.15, -0.1) is 0 Å². The van der Waals surface area contributed by atoms with Gasteiger partial charge >= 0.3 is 0 Å². The summed E-state index contributed by atoms with van der Waals surface area (Å²) in [6, 6.07) is 27.5. The lowest BCUT2D eigenvalue weighted by Gasteiger charge is -2.14. The number of fused-ring (bicyclic) bond motifs is 1. The molecule has 5 rings (SSSR count). The summed E-state index contributed by atoms with van der Waals surface area (Å²) in [5.74, 6) is 0.184. The van der Waals surface area contributed by atoms with Crippen LogP contribution in [0.3, 0.4) is 0 Å². The van der Waals surface area contributed by atoms with Gasteiger partial charge in [0.05, 0.1) is 27.5 Å². The van der Waals surface area contributed by atoms with Crippen LogP contribution in [0.25, 0.3) is 22.3 Å². The number of nitrogens with zero attached hydrogens (tertiary/aromatic N) is 3. The molecule has 8 heteroatoms. The quantitative estimate of drug-likeness (QED) is 0.354. The Hall–Kier alpha value is -4.30. The van der Waals surface area contributed by atoms with Crippen LogP contribution in [0.4, 0.5) is 11.6 Å². The molecule has 0 saturated heterocycles. The van der Waals surface area contributed by atoms with Crippen molar-refractivity contribution in [2.45, 2.75) is 18.2 Å². The maximum atomic E-state index is 13.0. The molecule has 0 bridgehead atoms. The number of anilines is 2. The number of aromatic nitrogens is 3. The second-order valence-electron chi connectivity index (χ2n) is 8.22. The van der Waals surface area contributed by atoms with Crippen molar-refractivity contribution in [3.63, 3.8) is 0 Å². The van der Waals surface area contributed by atoms with Gasteiger partial charge in [-0.25, -0.2) is 23.4 Å². The molecule has 0 atom stereocenters. The van der Waals surface area contributed by atoms with Gasteiger partial charge in [0.2, 0.25) is 5.95 Å². The average Bonchev–Trinajstić information content (AvgIpc) is 2.85. The molecule has 2 heterocycles. The topological polar surface area (TPSA) is 111 Å². The molecule has 35 heavy (non-hydrogen) atoms. The minimum absolute atomic E-state index is 0.184. The van der Waals surface area contributed by atoms with Crippen molar-refractivity contribution in [1.29, 1.82) is 0 Å². The monoisotopic (exact) mass is 481 g/mol. The average molecular weight is 482 g/mol. The van der Waals surface area contributed by atoms with E-state index < -0.39 is 10.0 Å². The third-order valence-electron chi connectivity index (χ3n) is 5.62. The molecule has 7 nitrogen and oxygen atoms in total. The van der Waals surface area contributed by atoms with Crippen LogP contribution < -0.4 is 10.5 Å². The highest BCUT2D eigenvalue weighted by atomic mass is 32.2. The Bertz CT molecular complexity index is 1620. The number of benzene rings is 3. The molecule has 3 N–H and O–H groups in total. The summed E-state index contributed by atoms with van der Waals surface area (Å²) < 4.78 is 28.8. The molecule has 0 aliphatic heterocycles. The third kappa shape index (κ3) is 4.83. The van der Waals surface area contributed by atoms with Gasteiger partial charge < -0.3 is 5.73 Å². The van der Waals surface area contributed by atoms with E-state index in [-0.39, 0.29) is 10.8 Å². The summed E-state index contributed by atoms with van der Waals surface area (Å²) in [4.78, 5) is 13.8. The van der Waals surface area contributed by atoms with Crippen molar-refractivity contribution >= 4 is 32.7 Å². The zero-order chi connectivity index (χ0) is 24.4. The highest BCUT2D eigenvalue weighted by Crippen LogP contribution is 2.30. The highest BCUT2D eigenvalue weighted by molar-refractivity contribution is 7.92. The summed E-state index contributed by atoms with van der Waals surface area (Å²) in [5.41, 5.74) is 11.7. The van der Waals surface area contributed by atoms with Gasteiger partial charge in [0.25, 0.3) is 10.0 Å². The van der Waals surface area contributed by atoms with E-state index in [9.17, 15) is 8.42 Å². The molecule has 0 radical (unpaired) electrons. The van der Waals surface area contributed by atoms with Crippen LogP contribution in [0.5, 0.6) is 0 Å². The van der Waals surface area contributed by atoms with Gasteiger partial charge in [0.15, 0.2) is 0 Å². The van der Waals surface area contributed by atoms with Crippen molar-refractivity contribution in [3.05, 3.63) is 108 Å². The van der Waals surface area contributed by atoms with Crippen LogP contribution in [0, 0.1) is 6.92 Å². The van der Waals surface area contributed by atoms with Gasteiger partial charge in [0.1, 0.15) is 5.52 Å². The number of aryl methyl sites for hydroxylation is 1. The number of hydrogen-bond acceptors (Lipinski definition) is 6. The summed E-state index contributed by atoms with van der Waals surface area (Å²) >= 11 is 0. The molecule has 5 aromatic rings. The second kappa shape index (κ2) is 9.15. The van der Waals surface area contributed by atoms with E-state index in [1.165, 1.54) is 0 Å². The lowest BCUT2D eigenvalue weighted by molar-refractivity contribution is 0.601. The number of rotatable bonds is 6. The molecule has 174 valence electrons. The maximum absolute atomic E-state index is 13.0. The molecule has 0 saturated carbocycles. The molecule has 0 unspecified atom stereocenters. The largest absolute Gasteiger partial charge is 0.368 e. The molecule has 0 amide bonds. The predicted molar refractivity (Wildman–Crippen MR) is 138 cm³/mol. The van der Waals surface area contributed by atoms with Crippen LogP contribution in [-0.2, 0) is 16.4 Å². The Morgan fingerprint density at radius 1 is 0.800 bits per heavy atom. The number of sulfonamides is 1. The Morgan fingerprint density at radius 2 is 1.51 bits per heavy atom. The first-order chi connectivity index (χ1) is 16.9. The van der Waals surface area contributed by atoms with Gasteiger partial charge in [-0.05, 0) is 42.8 Å². The number of nitrogens with one attached hydrogen (secondary N) is 1. The fourth-order valence-corrected chi connectivity index (χ4v) is 4.95. The minimum Gasteiger partial charge on any atom is -0.368 e. The number of nitrogen functional groups attached to an aromatic ring is 1. The standard InChI is InChI=1S/C27H23N5O2S/c1-18-11-13-20(14-12-18)35(33,34)32-23-10-6-5-9-21(23)22-15-16-24-26(29-22)25(31-27(28)30-24)17-19-7-3-2-4-8-19/h2-16,32H,17H2,1H3,(H2,28,30,31). The lowest BCUT2D eigenvalue weighted by atomic mass is 10.1. The van der Waals surface area contributed by atoms with E-state index in [0.29, 0.717) is 40.1 Å². The van der Waals surface area contributed by atoms with Crippen molar-refractivity contribution in [2.75, 3.05) is 10.5 Å². The van der Waals surface area contributed by atoms with E-state index in [2.05, 4.69) is 14.7 Å². The van der Waals surface area contributed by atoms with Crippen molar-refractivity contribution in [1.82, 2.24) is 15.0 Å². The van der Waals surface area contributed by atoms with E-state index in [1.54, 1.807) is 42.5 Å². The van der Waals surface area contributed by atoms with E-state index in [1.807, 2.05) is 55.5 Å². The van der Waals surface area contributed by atoms with Crippen molar-refractivity contribution < 1.29 is 8.42 Å². The van der Waals surface area contributed by atoms with Crippen molar-refractivity contribution in [2.24, 2.45) is 0 Å². The number of hydrogen-bond donors (Lipinski definition) is 2. The van der Waals surface area contributed by atoms with Gasteiger partial charge in [-0.2, -0.15) is 0 Å². The molecule has 0 aliphatic carbocycles. The number of nitrogens with two attached hydrogens (primary N) is 1. The fraction of sp³-hybridized carbons (Fsp3) is 0.0741. The number of pyridine rings is 1. The second-order valence-corrected chi connectivity index (χ2v) is 9.90. The molecule has 0 fully saturated rings. The van der Waals surface area contributed by atoms with Gasteiger partial charge in [-0.3, -0.25) is 4.72 Å². The lowest BCUT2D eigenvalue weighted by Crippen LogP contribution is -2.13. The maximum Gasteiger partial charge on any atom is 0.261 e. The molecule has 3 aromatic carbocycles. The zero-order valence-electron chi connectivity index (χ0n) is 19.0. The summed E-state index contributed by atoms with van der Waals surface area (Å²) in [6.45, 7) is 1.91. The zero-order valence-corrected chi connectivity index (χ0v) is 19.8. The Morgan fingerprint density at radius 3 is 2.29 bits per heavy atom. The smallest absolute Gasteiger partial charge is 0.261 e. The first-order valence-corrected chi connectivity index (χ1v) is 12.5. The van der Waals surface area contributed by atoms with Gasteiger partial charge in [-0.1, -0.05) is 66.2 Å². The first-order valence-electron chi connectivity index (χ1n) is 11.0. The Kier molecular flexibility index (Phi) is 5.88. The van der Waals surface area contributed by atoms with E-state index >= 15 is 0 Å². The van der Waals surface area contributed by atoms with Crippen LogP contribution in [-0.4, -0.2) is 23.4 Å². The summed E-state index contributed by atoms with van der Waals surface area (Å²) in [7, 11) is -3.78. The first kappa shape index (κ1) is 22.5. The number of para-hydroxylation sites is 1. The van der Waals surface area contributed by atoms with Crippen LogP contribution in [0.1, 0.15) is 16.8 Å². The fourth-order valence-electron chi connectivity index (χ4n) is 3.87. The molecule has 0 spiro atoms. The molecule has 0 aliphatic rings. The van der Waals surface area contributed by atoms with Gasteiger partial charge in [0, 0.05) is 12.0 Å². The van der Waals surface area contributed by atoms with Crippen LogP contribution in [0.2, 0.25) is 0 Å². The van der Waals surface area contributed by atoms with Crippen molar-refractivity contribution in [3.8, 4) is 11.3 Å².